The molecule has 0 N–H and O–H groups in total. The quantitative estimate of drug-likeness (QED) is 0.786. The summed E-state index contributed by atoms with van der Waals surface area (Å²) in [5, 5.41) is 0. The van der Waals surface area contributed by atoms with Crippen molar-refractivity contribution in [2.75, 3.05) is 20.1 Å². The predicted molar refractivity (Wildman–Crippen MR) is 98.0 cm³/mol. The largest absolute Gasteiger partial charge is 0.306 e. The number of nitrogens with zero attached hydrogens (tertiary/aromatic N) is 2. The Morgan fingerprint density at radius 3 is 2.52 bits per heavy atom. The molecule has 1 saturated heterocycles. The van der Waals surface area contributed by atoms with E-state index in [0.29, 0.717) is 11.4 Å². The van der Waals surface area contributed by atoms with E-state index in [2.05, 4.69) is 16.9 Å². The Labute approximate surface area is 148 Å². The van der Waals surface area contributed by atoms with Gasteiger partial charge >= 0.3 is 0 Å². The zero-order valence-electron chi connectivity index (χ0n) is 14.9. The van der Waals surface area contributed by atoms with Gasteiger partial charge in [-0.15, -0.1) is 0 Å². The van der Waals surface area contributed by atoms with Crippen molar-refractivity contribution in [3.05, 3.63) is 65.0 Å². The van der Waals surface area contributed by atoms with Gasteiger partial charge < -0.3 is 4.90 Å². The molecule has 1 aliphatic rings. The van der Waals surface area contributed by atoms with E-state index in [1.807, 2.05) is 43.3 Å². The average Bonchev–Trinajstić information content (AvgIpc) is 2.62. The third-order valence-electron chi connectivity index (χ3n) is 4.94. The highest BCUT2D eigenvalue weighted by molar-refractivity contribution is 5.99. The second kappa shape index (κ2) is 7.70. The summed E-state index contributed by atoms with van der Waals surface area (Å²) < 4.78 is 0. The predicted octanol–water partition coefficient (Wildman–Crippen LogP) is 3.34. The van der Waals surface area contributed by atoms with Crippen LogP contribution in [0.25, 0.3) is 0 Å². The minimum atomic E-state index is 0.0366. The lowest BCUT2D eigenvalue weighted by Gasteiger charge is -2.27. The molecule has 2 heterocycles. The van der Waals surface area contributed by atoms with E-state index in [1.165, 1.54) is 0 Å². The Hall–Kier alpha value is -2.33. The van der Waals surface area contributed by atoms with Gasteiger partial charge in [0.2, 0.25) is 0 Å². The van der Waals surface area contributed by atoms with Crippen LogP contribution in [0, 0.1) is 12.8 Å². The lowest BCUT2D eigenvalue weighted by atomic mass is 9.91. The Balaban J connectivity index is 1.72. The van der Waals surface area contributed by atoms with Gasteiger partial charge in [0.25, 0.3) is 0 Å². The van der Waals surface area contributed by atoms with Crippen molar-refractivity contribution < 1.29 is 9.59 Å². The topological polar surface area (TPSA) is 50.3 Å². The summed E-state index contributed by atoms with van der Waals surface area (Å²) in [5.74, 6) is 0.193. The van der Waals surface area contributed by atoms with E-state index >= 15 is 0 Å². The molecule has 0 unspecified atom stereocenters. The second-order valence-electron chi connectivity index (χ2n) is 6.87. The molecule has 0 atom stereocenters. The fraction of sp³-hybridized carbons (Fsp3) is 0.381. The molecule has 1 aliphatic heterocycles. The van der Waals surface area contributed by atoms with Crippen LogP contribution in [0.15, 0.2) is 42.5 Å². The normalized spacial score (nSPS) is 15.9. The molecule has 0 aliphatic carbocycles. The number of hydrogen-bond donors (Lipinski definition) is 0. The first-order chi connectivity index (χ1) is 12.0. The van der Waals surface area contributed by atoms with Crippen molar-refractivity contribution in [2.24, 2.45) is 5.92 Å². The highest BCUT2D eigenvalue weighted by Gasteiger charge is 2.25. The molecule has 0 spiro atoms. The number of aryl methyl sites for hydroxylation is 1. The fourth-order valence-corrected chi connectivity index (χ4v) is 3.34. The van der Waals surface area contributed by atoms with Gasteiger partial charge in [0.1, 0.15) is 5.69 Å². The molecule has 1 aromatic heterocycles. The second-order valence-corrected chi connectivity index (χ2v) is 6.87. The molecule has 0 bridgehead atoms. The standard InChI is InChI=1S/C21H24N2O2/c1-15-6-3-4-8-18(15)20(24)14-17-7-5-9-19(22-17)21(25)16-10-12-23(2)13-11-16/h3-9,16H,10-14H2,1-2H3. The first kappa shape index (κ1) is 17.5. The summed E-state index contributed by atoms with van der Waals surface area (Å²) in [4.78, 5) is 31.9. The lowest BCUT2D eigenvalue weighted by molar-refractivity contribution is 0.0850. The summed E-state index contributed by atoms with van der Waals surface area (Å²) in [6, 6.07) is 13.0. The van der Waals surface area contributed by atoms with Crippen molar-refractivity contribution >= 4 is 11.6 Å². The maximum atomic E-state index is 12.7. The van der Waals surface area contributed by atoms with Crippen LogP contribution in [0.2, 0.25) is 0 Å². The minimum Gasteiger partial charge on any atom is -0.306 e. The lowest BCUT2D eigenvalue weighted by Crippen LogP contribution is -2.33. The number of likely N-dealkylation sites (tertiary alicyclic amines) is 1. The summed E-state index contributed by atoms with van der Waals surface area (Å²) in [6.45, 7) is 3.82. The van der Waals surface area contributed by atoms with Crippen molar-refractivity contribution in [3.63, 3.8) is 0 Å². The molecule has 130 valence electrons. The van der Waals surface area contributed by atoms with Crippen LogP contribution in [0.5, 0.6) is 0 Å². The van der Waals surface area contributed by atoms with Crippen molar-refractivity contribution in [1.29, 1.82) is 0 Å². The van der Waals surface area contributed by atoms with Gasteiger partial charge in [-0.05, 0) is 57.6 Å². The Bertz CT molecular complexity index is 777. The fourth-order valence-electron chi connectivity index (χ4n) is 3.34. The maximum Gasteiger partial charge on any atom is 0.184 e. The van der Waals surface area contributed by atoms with E-state index in [9.17, 15) is 9.59 Å². The zero-order valence-corrected chi connectivity index (χ0v) is 14.9. The summed E-state index contributed by atoms with van der Waals surface area (Å²) in [5.41, 5.74) is 2.83. The van der Waals surface area contributed by atoms with Crippen molar-refractivity contribution in [2.45, 2.75) is 26.2 Å². The number of pyridine rings is 1. The summed E-state index contributed by atoms with van der Waals surface area (Å²) in [6.07, 6.45) is 1.98. The van der Waals surface area contributed by atoms with Crippen LogP contribution in [0.1, 0.15) is 44.9 Å². The van der Waals surface area contributed by atoms with Crippen molar-refractivity contribution in [1.82, 2.24) is 9.88 Å². The molecule has 2 aromatic rings. The van der Waals surface area contributed by atoms with Gasteiger partial charge in [-0.25, -0.2) is 4.98 Å². The summed E-state index contributed by atoms with van der Waals surface area (Å²) >= 11 is 0. The van der Waals surface area contributed by atoms with E-state index in [1.54, 1.807) is 6.07 Å². The molecular weight excluding hydrogens is 312 g/mol. The van der Waals surface area contributed by atoms with Crippen LogP contribution >= 0.6 is 0 Å². The third kappa shape index (κ3) is 4.20. The van der Waals surface area contributed by atoms with Crippen LogP contribution in [-0.2, 0) is 6.42 Å². The van der Waals surface area contributed by atoms with Gasteiger partial charge in [-0.2, -0.15) is 0 Å². The highest BCUT2D eigenvalue weighted by Crippen LogP contribution is 2.20. The smallest absolute Gasteiger partial charge is 0.184 e. The van der Waals surface area contributed by atoms with Crippen LogP contribution in [0.4, 0.5) is 0 Å². The number of carbonyl (C=O) groups is 2. The number of benzene rings is 1. The molecule has 0 radical (unpaired) electrons. The van der Waals surface area contributed by atoms with Gasteiger partial charge in [-0.3, -0.25) is 9.59 Å². The number of hydrogen-bond acceptors (Lipinski definition) is 4. The molecular formula is C21H24N2O2. The zero-order chi connectivity index (χ0) is 17.8. The van der Waals surface area contributed by atoms with Crippen LogP contribution in [0.3, 0.4) is 0 Å². The van der Waals surface area contributed by atoms with Crippen molar-refractivity contribution in [3.8, 4) is 0 Å². The average molecular weight is 336 g/mol. The molecule has 25 heavy (non-hydrogen) atoms. The molecule has 0 saturated carbocycles. The molecule has 1 fully saturated rings. The molecule has 4 heteroatoms. The Morgan fingerprint density at radius 1 is 1.08 bits per heavy atom. The number of aromatic nitrogens is 1. The highest BCUT2D eigenvalue weighted by atomic mass is 16.1. The van der Waals surface area contributed by atoms with Gasteiger partial charge in [0.15, 0.2) is 11.6 Å². The van der Waals surface area contributed by atoms with Crippen LogP contribution in [-0.4, -0.2) is 41.6 Å². The van der Waals surface area contributed by atoms with E-state index in [4.69, 9.17) is 0 Å². The molecule has 3 rings (SSSR count). The van der Waals surface area contributed by atoms with Gasteiger partial charge in [0.05, 0.1) is 6.42 Å². The SMILES string of the molecule is Cc1ccccc1C(=O)Cc1cccc(C(=O)C2CCN(C)CC2)n1. The van der Waals surface area contributed by atoms with E-state index in [0.717, 1.165) is 37.1 Å². The molecule has 1 aromatic carbocycles. The molecule has 0 amide bonds. The molecule has 4 nitrogen and oxygen atoms in total. The Morgan fingerprint density at radius 2 is 1.80 bits per heavy atom. The first-order valence-electron chi connectivity index (χ1n) is 8.82. The van der Waals surface area contributed by atoms with Gasteiger partial charge in [0, 0.05) is 17.2 Å². The number of rotatable bonds is 5. The first-order valence-corrected chi connectivity index (χ1v) is 8.82. The number of Topliss-reactive ketones (excluding diaryl/α,β-unsaturated/α-hetero) is 2. The maximum absolute atomic E-state index is 12.7. The number of carbonyl (C=O) groups excluding carboxylic acids is 2. The number of piperidine rings is 1. The van der Waals surface area contributed by atoms with Crippen LogP contribution < -0.4 is 0 Å². The number of ketones is 2. The van der Waals surface area contributed by atoms with E-state index < -0.39 is 0 Å². The van der Waals surface area contributed by atoms with E-state index in [-0.39, 0.29) is 23.9 Å². The minimum absolute atomic E-state index is 0.0366. The Kier molecular flexibility index (Phi) is 5.39. The third-order valence-corrected chi connectivity index (χ3v) is 4.94. The summed E-state index contributed by atoms with van der Waals surface area (Å²) in [7, 11) is 2.08. The monoisotopic (exact) mass is 336 g/mol. The van der Waals surface area contributed by atoms with Gasteiger partial charge in [-0.1, -0.05) is 30.3 Å².